The van der Waals surface area contributed by atoms with Crippen molar-refractivity contribution >= 4 is 17.4 Å². The van der Waals surface area contributed by atoms with Crippen LogP contribution in [0.25, 0.3) is 0 Å². The molecule has 184 valence electrons. The highest BCUT2D eigenvalue weighted by molar-refractivity contribution is 6.04. The van der Waals surface area contributed by atoms with Crippen LogP contribution < -0.4 is 10.2 Å². The van der Waals surface area contributed by atoms with Crippen molar-refractivity contribution in [1.82, 2.24) is 24.6 Å². The van der Waals surface area contributed by atoms with Gasteiger partial charge in [0.05, 0.1) is 35.7 Å². The minimum atomic E-state index is -4.80. The number of fused-ring (bicyclic) bond motifs is 2. The fourth-order valence-electron chi connectivity index (χ4n) is 4.99. The third-order valence-electron chi connectivity index (χ3n) is 6.61. The Labute approximate surface area is 198 Å². The summed E-state index contributed by atoms with van der Waals surface area (Å²) in [4.78, 5) is 26.0. The highest BCUT2D eigenvalue weighted by Crippen LogP contribution is 2.44. The second-order valence-electron chi connectivity index (χ2n) is 9.14. The molecule has 0 unspecified atom stereocenters. The van der Waals surface area contributed by atoms with Gasteiger partial charge in [0, 0.05) is 37.5 Å². The van der Waals surface area contributed by atoms with Crippen molar-refractivity contribution in [3.63, 3.8) is 0 Å². The number of likely N-dealkylation sites (tertiary alicyclic amines) is 1. The van der Waals surface area contributed by atoms with Crippen molar-refractivity contribution in [3.05, 3.63) is 65.1 Å². The van der Waals surface area contributed by atoms with Crippen LogP contribution in [-0.2, 0) is 30.0 Å². The van der Waals surface area contributed by atoms with E-state index in [0.717, 1.165) is 0 Å². The predicted octanol–water partition coefficient (Wildman–Crippen LogP) is 3.27. The number of hydrogen-bond donors (Lipinski definition) is 1. The van der Waals surface area contributed by atoms with Crippen LogP contribution in [0.3, 0.4) is 0 Å². The first-order chi connectivity index (χ1) is 16.5. The number of nitrogens with one attached hydrogen (secondary N) is 1. The van der Waals surface area contributed by atoms with Gasteiger partial charge < -0.3 is 15.1 Å². The van der Waals surface area contributed by atoms with Crippen LogP contribution in [-0.4, -0.2) is 50.7 Å². The molecule has 0 radical (unpaired) electrons. The summed E-state index contributed by atoms with van der Waals surface area (Å²) in [5.41, 5.74) is -0.496. The highest BCUT2D eigenvalue weighted by Gasteiger charge is 2.56. The van der Waals surface area contributed by atoms with Gasteiger partial charge in [0.2, 0.25) is 5.91 Å². The van der Waals surface area contributed by atoms with Crippen molar-refractivity contribution in [3.8, 4) is 0 Å². The first-order valence-electron chi connectivity index (χ1n) is 11.0. The van der Waals surface area contributed by atoms with Crippen LogP contribution in [0.15, 0.2) is 36.9 Å². The third-order valence-corrected chi connectivity index (χ3v) is 6.61. The van der Waals surface area contributed by atoms with Crippen LogP contribution in [0.5, 0.6) is 0 Å². The van der Waals surface area contributed by atoms with E-state index >= 15 is 0 Å². The molecule has 0 bridgehead atoms. The van der Waals surface area contributed by atoms with Crippen LogP contribution >= 0.6 is 0 Å². The van der Waals surface area contributed by atoms with Crippen molar-refractivity contribution in [2.45, 2.75) is 31.1 Å². The molecule has 0 aliphatic carbocycles. The number of likely N-dealkylation sites (N-methyl/N-ethyl adjacent to an activating group) is 1. The van der Waals surface area contributed by atoms with E-state index in [9.17, 15) is 22.4 Å². The molecule has 1 atom stereocenters. The maximum atomic E-state index is 14.8. The quantitative estimate of drug-likeness (QED) is 0.567. The van der Waals surface area contributed by atoms with E-state index < -0.39 is 29.0 Å². The smallest absolute Gasteiger partial charge is 0.363 e. The van der Waals surface area contributed by atoms with Gasteiger partial charge in [-0.15, -0.1) is 0 Å². The molecule has 8 nitrogen and oxygen atoms in total. The van der Waals surface area contributed by atoms with E-state index in [1.807, 2.05) is 11.9 Å². The number of nitrogens with zero attached hydrogens (tertiary/aromatic N) is 6. The largest absolute Gasteiger partial charge is 0.419 e. The van der Waals surface area contributed by atoms with Gasteiger partial charge in [0.1, 0.15) is 23.4 Å². The Bertz CT molecular complexity index is 1300. The number of rotatable bonds is 4. The van der Waals surface area contributed by atoms with Gasteiger partial charge in [-0.25, -0.2) is 14.4 Å². The van der Waals surface area contributed by atoms with Gasteiger partial charge in [-0.05, 0) is 20.0 Å². The second-order valence-corrected chi connectivity index (χ2v) is 9.14. The number of alkyl halides is 3. The molecule has 35 heavy (non-hydrogen) atoms. The number of aryl methyl sites for hydroxylation is 1. The first kappa shape index (κ1) is 23.2. The molecule has 1 spiro atoms. The van der Waals surface area contributed by atoms with Gasteiger partial charge >= 0.3 is 6.18 Å². The number of anilines is 2. The normalized spacial score (nSPS) is 18.4. The molecule has 1 fully saturated rings. The predicted molar refractivity (Wildman–Crippen MR) is 119 cm³/mol. The summed E-state index contributed by atoms with van der Waals surface area (Å²) < 4.78 is 56.0. The molecule has 12 heteroatoms. The van der Waals surface area contributed by atoms with E-state index in [4.69, 9.17) is 0 Å². The van der Waals surface area contributed by atoms with Crippen molar-refractivity contribution in [2.75, 3.05) is 30.4 Å². The maximum Gasteiger partial charge on any atom is 0.419 e. The Balaban J connectivity index is 1.54. The number of amides is 1. The molecule has 4 heterocycles. The lowest BCUT2D eigenvalue weighted by atomic mass is 9.71. The molecule has 3 aromatic rings. The third kappa shape index (κ3) is 3.72. The average Bonchev–Trinajstić information content (AvgIpc) is 3.20. The van der Waals surface area contributed by atoms with Gasteiger partial charge in [0.15, 0.2) is 0 Å². The lowest BCUT2D eigenvalue weighted by molar-refractivity contribution is -0.140. The summed E-state index contributed by atoms with van der Waals surface area (Å²) in [5.74, 6) is -1.08. The fraction of sp³-hybridized carbons (Fsp3) is 0.391. The molecule has 2 aromatic heterocycles. The van der Waals surface area contributed by atoms with Crippen molar-refractivity contribution < 1.29 is 22.4 Å². The summed E-state index contributed by atoms with van der Waals surface area (Å²) in [5, 5.41) is 7.23. The summed E-state index contributed by atoms with van der Waals surface area (Å²) in [7, 11) is 3.65. The SMILES string of the molecule is C[C@@H](Nc1ncnc2c1CN(c1cnn(C)c1)C(=O)C21CN(C)C1)c1cccc(C(F)(F)F)c1F. The number of aromatic nitrogens is 4. The summed E-state index contributed by atoms with van der Waals surface area (Å²) in [6.45, 7) is 2.63. The van der Waals surface area contributed by atoms with Crippen molar-refractivity contribution in [1.29, 1.82) is 0 Å². The fourth-order valence-corrected chi connectivity index (χ4v) is 4.99. The van der Waals surface area contributed by atoms with E-state index in [1.165, 1.54) is 18.5 Å². The van der Waals surface area contributed by atoms with Crippen molar-refractivity contribution in [2.24, 2.45) is 7.05 Å². The molecule has 1 saturated heterocycles. The molecule has 0 saturated carbocycles. The zero-order valence-corrected chi connectivity index (χ0v) is 19.3. The second kappa shape index (κ2) is 8.01. The van der Waals surface area contributed by atoms with E-state index in [2.05, 4.69) is 20.4 Å². The average molecular weight is 489 g/mol. The minimum Gasteiger partial charge on any atom is -0.363 e. The van der Waals surface area contributed by atoms with Gasteiger partial charge in [0.25, 0.3) is 0 Å². The summed E-state index contributed by atoms with van der Waals surface area (Å²) in [6.07, 6.45) is -0.155. The van der Waals surface area contributed by atoms with E-state index in [1.54, 1.807) is 35.9 Å². The van der Waals surface area contributed by atoms with Crippen LogP contribution in [0.4, 0.5) is 29.1 Å². The molecule has 1 aromatic carbocycles. The number of hydrogen-bond acceptors (Lipinski definition) is 6. The molecule has 1 amide bonds. The standard InChI is InChI=1S/C23H23F4N7O/c1-13(15-5-4-6-17(18(15)24)23(25,26)27)31-20-16-9-34(14-7-30-33(3)8-14)21(35)22(10-32(2)11-22)19(16)28-12-29-20/h4-8,12-13H,9-11H2,1-3H3,(H,28,29,31)/t13-/m1/s1. The Morgan fingerprint density at radius 1 is 1.17 bits per heavy atom. The molecular formula is C23H23F4N7O. The molecule has 1 N–H and O–H groups in total. The number of carbonyl (C=O) groups excluding carboxylic acids is 1. The number of benzene rings is 1. The molecule has 2 aliphatic rings. The minimum absolute atomic E-state index is 0.0993. The lowest BCUT2D eigenvalue weighted by Crippen LogP contribution is -2.68. The highest BCUT2D eigenvalue weighted by atomic mass is 19.4. The summed E-state index contributed by atoms with van der Waals surface area (Å²) >= 11 is 0. The Morgan fingerprint density at radius 3 is 2.54 bits per heavy atom. The lowest BCUT2D eigenvalue weighted by Gasteiger charge is -2.51. The van der Waals surface area contributed by atoms with Crippen LogP contribution in [0.1, 0.15) is 35.3 Å². The maximum absolute atomic E-state index is 14.8. The van der Waals surface area contributed by atoms with Crippen LogP contribution in [0.2, 0.25) is 0 Å². The molecule has 2 aliphatic heterocycles. The Morgan fingerprint density at radius 2 is 1.91 bits per heavy atom. The number of carbonyl (C=O) groups is 1. The van der Waals surface area contributed by atoms with Gasteiger partial charge in [-0.1, -0.05) is 12.1 Å². The van der Waals surface area contributed by atoms with E-state index in [-0.39, 0.29) is 18.0 Å². The monoisotopic (exact) mass is 489 g/mol. The first-order valence-corrected chi connectivity index (χ1v) is 11.0. The Hall–Kier alpha value is -3.54. The summed E-state index contributed by atoms with van der Waals surface area (Å²) in [6, 6.07) is 2.37. The zero-order chi connectivity index (χ0) is 25.1. The molecular weight excluding hydrogens is 466 g/mol. The molecule has 5 rings (SSSR count). The zero-order valence-electron chi connectivity index (χ0n) is 19.3. The Kier molecular flexibility index (Phi) is 5.31. The van der Waals surface area contributed by atoms with Gasteiger partial charge in [-0.3, -0.25) is 9.48 Å². The van der Waals surface area contributed by atoms with Gasteiger partial charge in [-0.2, -0.15) is 18.3 Å². The topological polar surface area (TPSA) is 79.2 Å². The van der Waals surface area contributed by atoms with Crippen LogP contribution in [0, 0.1) is 5.82 Å². The number of halogens is 4. The van der Waals surface area contributed by atoms with E-state index in [0.29, 0.717) is 41.9 Å².